The molecule has 0 aromatic carbocycles. The van der Waals surface area contributed by atoms with Crippen LogP contribution in [0.2, 0.25) is 5.15 Å². The second-order valence-electron chi connectivity index (χ2n) is 5.37. The Hall–Kier alpha value is -0.780. The van der Waals surface area contributed by atoms with Crippen molar-refractivity contribution >= 4 is 35.0 Å². The molecule has 1 aliphatic carbocycles. The summed E-state index contributed by atoms with van der Waals surface area (Å²) < 4.78 is 0. The number of nitrogens with zero attached hydrogens (tertiary/aromatic N) is 2. The van der Waals surface area contributed by atoms with Gasteiger partial charge < -0.3 is 5.32 Å². The molecule has 1 saturated carbocycles. The van der Waals surface area contributed by atoms with Crippen molar-refractivity contribution in [2.24, 2.45) is 5.92 Å². The van der Waals surface area contributed by atoms with Crippen LogP contribution < -0.4 is 5.32 Å². The molecule has 1 aromatic rings. The largest absolute Gasteiger partial charge is 0.324 e. The van der Waals surface area contributed by atoms with Gasteiger partial charge >= 0.3 is 0 Å². The standard InChI is InChI=1S/C14H18ClN3OS/c15-13-4-3-11(7-16-13)17-14(19)8-18-5-6-20-9-12(18)10-1-2-10/h3-4,7,10,12H,1-2,5-6,8-9H2,(H,17,19). The summed E-state index contributed by atoms with van der Waals surface area (Å²) in [6, 6.07) is 4.04. The molecule has 20 heavy (non-hydrogen) atoms. The van der Waals surface area contributed by atoms with Crippen LogP contribution in [0.15, 0.2) is 18.3 Å². The van der Waals surface area contributed by atoms with Gasteiger partial charge in [0.2, 0.25) is 5.91 Å². The molecule has 1 aromatic heterocycles. The molecule has 1 saturated heterocycles. The fourth-order valence-corrected chi connectivity index (χ4v) is 3.97. The van der Waals surface area contributed by atoms with Crippen LogP contribution in [0.4, 0.5) is 5.69 Å². The van der Waals surface area contributed by atoms with Crippen LogP contribution in [0.5, 0.6) is 0 Å². The Morgan fingerprint density at radius 2 is 2.35 bits per heavy atom. The number of amides is 1. The third kappa shape index (κ3) is 3.65. The summed E-state index contributed by atoms with van der Waals surface area (Å²) >= 11 is 7.74. The van der Waals surface area contributed by atoms with Gasteiger partial charge in [-0.15, -0.1) is 0 Å². The highest BCUT2D eigenvalue weighted by Gasteiger charge is 2.37. The van der Waals surface area contributed by atoms with E-state index < -0.39 is 0 Å². The van der Waals surface area contributed by atoms with Gasteiger partial charge in [-0.3, -0.25) is 9.69 Å². The lowest BCUT2D eigenvalue weighted by molar-refractivity contribution is -0.117. The summed E-state index contributed by atoms with van der Waals surface area (Å²) in [5.74, 6) is 3.14. The average molecular weight is 312 g/mol. The lowest BCUT2D eigenvalue weighted by Gasteiger charge is -2.35. The molecule has 6 heteroatoms. The number of thioether (sulfide) groups is 1. The third-order valence-corrected chi connectivity index (χ3v) is 5.08. The van der Waals surface area contributed by atoms with E-state index in [1.54, 1.807) is 18.3 Å². The highest BCUT2D eigenvalue weighted by atomic mass is 35.5. The summed E-state index contributed by atoms with van der Waals surface area (Å²) in [5, 5.41) is 3.32. The molecule has 3 rings (SSSR count). The SMILES string of the molecule is O=C(CN1CCSCC1C1CC1)Nc1ccc(Cl)nc1. The first-order chi connectivity index (χ1) is 9.72. The van der Waals surface area contributed by atoms with Crippen LogP contribution in [-0.4, -0.2) is 46.4 Å². The predicted octanol–water partition coefficient (Wildman–Crippen LogP) is 2.50. The first-order valence-corrected chi connectivity index (χ1v) is 8.49. The number of carbonyl (C=O) groups excluding carboxylic acids is 1. The van der Waals surface area contributed by atoms with Crippen LogP contribution in [0.1, 0.15) is 12.8 Å². The molecular formula is C14H18ClN3OS. The maximum absolute atomic E-state index is 12.1. The van der Waals surface area contributed by atoms with E-state index in [2.05, 4.69) is 15.2 Å². The second kappa shape index (κ2) is 6.33. The molecule has 1 N–H and O–H groups in total. The molecule has 0 bridgehead atoms. The van der Waals surface area contributed by atoms with Crippen LogP contribution >= 0.6 is 23.4 Å². The van der Waals surface area contributed by atoms with Crippen molar-refractivity contribution in [3.05, 3.63) is 23.5 Å². The van der Waals surface area contributed by atoms with Gasteiger partial charge in [-0.1, -0.05) is 11.6 Å². The monoisotopic (exact) mass is 311 g/mol. The lowest BCUT2D eigenvalue weighted by atomic mass is 10.1. The highest BCUT2D eigenvalue weighted by Crippen LogP contribution is 2.38. The van der Waals surface area contributed by atoms with Gasteiger partial charge in [-0.2, -0.15) is 11.8 Å². The molecule has 2 heterocycles. The second-order valence-corrected chi connectivity index (χ2v) is 6.91. The van der Waals surface area contributed by atoms with E-state index in [4.69, 9.17) is 11.6 Å². The maximum atomic E-state index is 12.1. The van der Waals surface area contributed by atoms with Crippen LogP contribution in [0.25, 0.3) is 0 Å². The van der Waals surface area contributed by atoms with Crippen LogP contribution in [0.3, 0.4) is 0 Å². The van der Waals surface area contributed by atoms with Crippen molar-refractivity contribution in [3.63, 3.8) is 0 Å². The normalized spacial score (nSPS) is 23.6. The number of halogens is 1. The van der Waals surface area contributed by atoms with Crippen molar-refractivity contribution in [1.29, 1.82) is 0 Å². The Labute approximate surface area is 128 Å². The number of nitrogens with one attached hydrogen (secondary N) is 1. The Morgan fingerprint density at radius 3 is 3.05 bits per heavy atom. The molecular weight excluding hydrogens is 294 g/mol. The van der Waals surface area contributed by atoms with E-state index in [9.17, 15) is 4.79 Å². The minimum atomic E-state index is 0.0340. The number of anilines is 1. The first-order valence-electron chi connectivity index (χ1n) is 6.95. The maximum Gasteiger partial charge on any atom is 0.238 e. The Bertz CT molecular complexity index is 478. The number of pyridine rings is 1. The number of carbonyl (C=O) groups is 1. The zero-order valence-electron chi connectivity index (χ0n) is 11.2. The fraction of sp³-hybridized carbons (Fsp3) is 0.571. The van der Waals surface area contributed by atoms with Crippen molar-refractivity contribution in [3.8, 4) is 0 Å². The van der Waals surface area contributed by atoms with Gasteiger partial charge in [-0.25, -0.2) is 4.98 Å². The quantitative estimate of drug-likeness (QED) is 0.868. The minimum absolute atomic E-state index is 0.0340. The average Bonchev–Trinajstić information content (AvgIpc) is 3.26. The lowest BCUT2D eigenvalue weighted by Crippen LogP contribution is -2.47. The first kappa shape index (κ1) is 14.2. The minimum Gasteiger partial charge on any atom is -0.324 e. The Morgan fingerprint density at radius 1 is 1.50 bits per heavy atom. The Kier molecular flexibility index (Phi) is 4.48. The van der Waals surface area contributed by atoms with Crippen molar-refractivity contribution in [1.82, 2.24) is 9.88 Å². The summed E-state index contributed by atoms with van der Waals surface area (Å²) in [6.07, 6.45) is 4.24. The van der Waals surface area contributed by atoms with Crippen LogP contribution in [-0.2, 0) is 4.79 Å². The van der Waals surface area contributed by atoms with E-state index in [1.807, 2.05) is 11.8 Å². The van der Waals surface area contributed by atoms with E-state index in [-0.39, 0.29) is 5.91 Å². The predicted molar refractivity (Wildman–Crippen MR) is 83.3 cm³/mol. The van der Waals surface area contributed by atoms with Gasteiger partial charge in [-0.05, 0) is 30.9 Å². The zero-order valence-corrected chi connectivity index (χ0v) is 12.8. The molecule has 1 aliphatic heterocycles. The molecule has 0 radical (unpaired) electrons. The number of hydrogen-bond donors (Lipinski definition) is 1. The molecule has 1 amide bonds. The molecule has 1 atom stereocenters. The van der Waals surface area contributed by atoms with Gasteiger partial charge in [0.05, 0.1) is 18.4 Å². The molecule has 2 fully saturated rings. The van der Waals surface area contributed by atoms with Gasteiger partial charge in [0.15, 0.2) is 0 Å². The van der Waals surface area contributed by atoms with E-state index in [0.29, 0.717) is 23.4 Å². The molecule has 4 nitrogen and oxygen atoms in total. The summed E-state index contributed by atoms with van der Waals surface area (Å²) in [6.45, 7) is 1.49. The van der Waals surface area contributed by atoms with Gasteiger partial charge in [0.25, 0.3) is 0 Å². The molecule has 2 aliphatic rings. The third-order valence-electron chi connectivity index (χ3n) is 3.80. The fourth-order valence-electron chi connectivity index (χ4n) is 2.60. The summed E-state index contributed by atoms with van der Waals surface area (Å²) in [5.41, 5.74) is 0.703. The highest BCUT2D eigenvalue weighted by molar-refractivity contribution is 7.99. The number of hydrogen-bond acceptors (Lipinski definition) is 4. The zero-order chi connectivity index (χ0) is 13.9. The molecule has 1 unspecified atom stereocenters. The summed E-state index contributed by atoms with van der Waals surface area (Å²) in [7, 11) is 0. The van der Waals surface area contributed by atoms with Crippen LogP contribution in [0, 0.1) is 5.92 Å². The van der Waals surface area contributed by atoms with Crippen molar-refractivity contribution < 1.29 is 4.79 Å². The molecule has 108 valence electrons. The smallest absolute Gasteiger partial charge is 0.238 e. The van der Waals surface area contributed by atoms with E-state index >= 15 is 0 Å². The number of aromatic nitrogens is 1. The van der Waals surface area contributed by atoms with Crippen molar-refractivity contribution in [2.45, 2.75) is 18.9 Å². The molecule has 0 spiro atoms. The topological polar surface area (TPSA) is 45.2 Å². The number of rotatable bonds is 4. The van der Waals surface area contributed by atoms with Crippen molar-refractivity contribution in [2.75, 3.05) is 29.9 Å². The Balaban J connectivity index is 1.55. The van der Waals surface area contributed by atoms with Gasteiger partial charge in [0.1, 0.15) is 5.15 Å². The van der Waals surface area contributed by atoms with Gasteiger partial charge in [0, 0.05) is 24.1 Å². The summed E-state index contributed by atoms with van der Waals surface area (Å²) in [4.78, 5) is 18.4. The van der Waals surface area contributed by atoms with E-state index in [0.717, 1.165) is 18.2 Å². The van der Waals surface area contributed by atoms with E-state index in [1.165, 1.54) is 18.6 Å².